The first-order chi connectivity index (χ1) is 8.15. The Hall–Kier alpha value is -0.120. The molecule has 2 atom stereocenters. The first kappa shape index (κ1) is 13.3. The molecule has 0 radical (unpaired) electrons. The number of nitrogens with one attached hydrogen (secondary N) is 1. The minimum absolute atomic E-state index is 0.408. The molecule has 0 aliphatic carbocycles. The molecule has 100 valence electrons. The fourth-order valence-electron chi connectivity index (χ4n) is 3.52. The van der Waals surface area contributed by atoms with E-state index in [4.69, 9.17) is 0 Å². The normalized spacial score (nSPS) is 35.6. The molecule has 2 aliphatic rings. The highest BCUT2D eigenvalue weighted by atomic mass is 15.2. The standard InChI is InChI=1S/C14H29N3/c1-4-14(8-6-9-15-14)12-17(3)13-7-5-10-16(2)11-13/h13,15H,4-12H2,1-3H3. The van der Waals surface area contributed by atoms with Crippen LogP contribution in [0.4, 0.5) is 0 Å². The molecule has 0 bridgehead atoms. The lowest BCUT2D eigenvalue weighted by Gasteiger charge is -2.40. The van der Waals surface area contributed by atoms with E-state index in [1.54, 1.807) is 0 Å². The molecule has 2 aliphatic heterocycles. The lowest BCUT2D eigenvalue weighted by Crippen LogP contribution is -2.54. The maximum absolute atomic E-state index is 3.75. The summed E-state index contributed by atoms with van der Waals surface area (Å²) in [6, 6.07) is 0.763. The van der Waals surface area contributed by atoms with E-state index >= 15 is 0 Å². The van der Waals surface area contributed by atoms with Gasteiger partial charge in [-0.25, -0.2) is 0 Å². The van der Waals surface area contributed by atoms with Gasteiger partial charge in [0.25, 0.3) is 0 Å². The maximum Gasteiger partial charge on any atom is 0.0306 e. The van der Waals surface area contributed by atoms with Crippen molar-refractivity contribution < 1.29 is 0 Å². The number of hydrogen-bond acceptors (Lipinski definition) is 3. The summed E-state index contributed by atoms with van der Waals surface area (Å²) in [6.45, 7) is 7.30. The quantitative estimate of drug-likeness (QED) is 0.803. The predicted molar refractivity (Wildman–Crippen MR) is 73.4 cm³/mol. The third-order valence-electron chi connectivity index (χ3n) is 4.78. The van der Waals surface area contributed by atoms with E-state index in [2.05, 4.69) is 36.1 Å². The van der Waals surface area contributed by atoms with Gasteiger partial charge < -0.3 is 15.1 Å². The molecule has 2 saturated heterocycles. The van der Waals surface area contributed by atoms with Gasteiger partial charge in [0.1, 0.15) is 0 Å². The van der Waals surface area contributed by atoms with Crippen LogP contribution in [-0.4, -0.2) is 61.7 Å². The van der Waals surface area contributed by atoms with E-state index in [9.17, 15) is 0 Å². The molecule has 0 saturated carbocycles. The summed E-state index contributed by atoms with van der Waals surface area (Å²) in [6.07, 6.45) is 6.71. The average molecular weight is 239 g/mol. The zero-order valence-electron chi connectivity index (χ0n) is 11.8. The minimum Gasteiger partial charge on any atom is -0.310 e. The molecule has 0 aromatic heterocycles. The molecule has 2 rings (SSSR count). The lowest BCUT2D eigenvalue weighted by atomic mass is 9.92. The Bertz CT molecular complexity index is 236. The van der Waals surface area contributed by atoms with Gasteiger partial charge in [0.2, 0.25) is 0 Å². The molecule has 1 N–H and O–H groups in total. The van der Waals surface area contributed by atoms with Crippen molar-refractivity contribution in [2.45, 2.75) is 50.6 Å². The van der Waals surface area contributed by atoms with Crippen LogP contribution in [0.2, 0.25) is 0 Å². The molecule has 3 heteroatoms. The number of nitrogens with zero attached hydrogens (tertiary/aromatic N) is 2. The van der Waals surface area contributed by atoms with Crippen molar-refractivity contribution in [2.75, 3.05) is 40.3 Å². The van der Waals surface area contributed by atoms with Crippen LogP contribution in [0.25, 0.3) is 0 Å². The number of likely N-dealkylation sites (N-methyl/N-ethyl adjacent to an activating group) is 2. The van der Waals surface area contributed by atoms with Crippen LogP contribution in [-0.2, 0) is 0 Å². The van der Waals surface area contributed by atoms with Crippen molar-refractivity contribution in [1.82, 2.24) is 15.1 Å². The first-order valence-electron chi connectivity index (χ1n) is 7.29. The lowest BCUT2D eigenvalue weighted by molar-refractivity contribution is 0.106. The topological polar surface area (TPSA) is 18.5 Å². The van der Waals surface area contributed by atoms with Crippen LogP contribution in [0.15, 0.2) is 0 Å². The highest BCUT2D eigenvalue weighted by Gasteiger charge is 2.34. The summed E-state index contributed by atoms with van der Waals surface area (Å²) in [5, 5.41) is 3.75. The molecule has 2 unspecified atom stereocenters. The second-order valence-corrected chi connectivity index (χ2v) is 6.14. The molecule has 0 amide bonds. The van der Waals surface area contributed by atoms with Crippen LogP contribution < -0.4 is 5.32 Å². The molecule has 0 aromatic rings. The third kappa shape index (κ3) is 3.21. The average Bonchev–Trinajstić information content (AvgIpc) is 2.78. The molecule has 3 nitrogen and oxygen atoms in total. The first-order valence-corrected chi connectivity index (χ1v) is 7.29. The van der Waals surface area contributed by atoms with Crippen molar-refractivity contribution in [2.24, 2.45) is 0 Å². The van der Waals surface area contributed by atoms with Crippen LogP contribution in [0, 0.1) is 0 Å². The van der Waals surface area contributed by atoms with E-state index in [0.29, 0.717) is 5.54 Å². The Morgan fingerprint density at radius 3 is 2.82 bits per heavy atom. The van der Waals surface area contributed by atoms with Gasteiger partial charge in [-0.1, -0.05) is 6.92 Å². The smallest absolute Gasteiger partial charge is 0.0306 e. The number of rotatable bonds is 4. The minimum atomic E-state index is 0.408. The van der Waals surface area contributed by atoms with E-state index in [0.717, 1.165) is 6.04 Å². The molecule has 2 heterocycles. The highest BCUT2D eigenvalue weighted by Crippen LogP contribution is 2.25. The zero-order chi connectivity index (χ0) is 12.3. The second kappa shape index (κ2) is 5.68. The summed E-state index contributed by atoms with van der Waals surface area (Å²) < 4.78 is 0. The van der Waals surface area contributed by atoms with Crippen molar-refractivity contribution in [3.8, 4) is 0 Å². The SMILES string of the molecule is CCC1(CN(C)C2CCCN(C)C2)CCCN1. The summed E-state index contributed by atoms with van der Waals surface area (Å²) in [7, 11) is 4.57. The van der Waals surface area contributed by atoms with Crippen LogP contribution >= 0.6 is 0 Å². The Morgan fingerprint density at radius 2 is 2.24 bits per heavy atom. The largest absolute Gasteiger partial charge is 0.310 e. The Labute approximate surface area is 107 Å². The molecule has 0 aromatic carbocycles. The van der Waals surface area contributed by atoms with Crippen molar-refractivity contribution in [1.29, 1.82) is 0 Å². The van der Waals surface area contributed by atoms with Gasteiger partial charge in [-0.15, -0.1) is 0 Å². The van der Waals surface area contributed by atoms with Crippen LogP contribution in [0.1, 0.15) is 39.0 Å². The Kier molecular flexibility index (Phi) is 4.45. The molecule has 17 heavy (non-hydrogen) atoms. The number of hydrogen-bond donors (Lipinski definition) is 1. The second-order valence-electron chi connectivity index (χ2n) is 6.14. The maximum atomic E-state index is 3.75. The van der Waals surface area contributed by atoms with Crippen molar-refractivity contribution >= 4 is 0 Å². The predicted octanol–water partition coefficient (Wildman–Crippen LogP) is 1.54. The summed E-state index contributed by atoms with van der Waals surface area (Å²) >= 11 is 0. The monoisotopic (exact) mass is 239 g/mol. The Balaban J connectivity index is 1.88. The molecule has 0 spiro atoms. The molecular weight excluding hydrogens is 210 g/mol. The van der Waals surface area contributed by atoms with Gasteiger partial charge in [-0.3, -0.25) is 0 Å². The van der Waals surface area contributed by atoms with E-state index < -0.39 is 0 Å². The van der Waals surface area contributed by atoms with Crippen molar-refractivity contribution in [3.05, 3.63) is 0 Å². The van der Waals surface area contributed by atoms with Gasteiger partial charge in [-0.05, 0) is 59.3 Å². The molecular formula is C14H29N3. The Morgan fingerprint density at radius 1 is 1.41 bits per heavy atom. The third-order valence-corrected chi connectivity index (χ3v) is 4.78. The number of piperidine rings is 1. The van der Waals surface area contributed by atoms with E-state index in [-0.39, 0.29) is 0 Å². The van der Waals surface area contributed by atoms with E-state index in [1.165, 1.54) is 58.3 Å². The fourth-order valence-corrected chi connectivity index (χ4v) is 3.52. The fraction of sp³-hybridized carbons (Fsp3) is 1.00. The zero-order valence-corrected chi connectivity index (χ0v) is 11.8. The summed E-state index contributed by atoms with van der Waals surface area (Å²) in [5.74, 6) is 0. The molecule has 2 fully saturated rings. The van der Waals surface area contributed by atoms with Crippen LogP contribution in [0.3, 0.4) is 0 Å². The number of likely N-dealkylation sites (tertiary alicyclic amines) is 1. The van der Waals surface area contributed by atoms with Gasteiger partial charge in [0.15, 0.2) is 0 Å². The van der Waals surface area contributed by atoms with Crippen molar-refractivity contribution in [3.63, 3.8) is 0 Å². The van der Waals surface area contributed by atoms with Gasteiger partial charge in [0, 0.05) is 24.7 Å². The van der Waals surface area contributed by atoms with Crippen LogP contribution in [0.5, 0.6) is 0 Å². The highest BCUT2D eigenvalue weighted by molar-refractivity contribution is 4.95. The van der Waals surface area contributed by atoms with E-state index in [1.807, 2.05) is 0 Å². The van der Waals surface area contributed by atoms with Gasteiger partial charge in [0.05, 0.1) is 0 Å². The van der Waals surface area contributed by atoms with Gasteiger partial charge >= 0.3 is 0 Å². The van der Waals surface area contributed by atoms with Gasteiger partial charge in [-0.2, -0.15) is 0 Å². The summed E-state index contributed by atoms with van der Waals surface area (Å²) in [4.78, 5) is 5.09. The summed E-state index contributed by atoms with van der Waals surface area (Å²) in [5.41, 5.74) is 0.408.